The van der Waals surface area contributed by atoms with Crippen LogP contribution in [0.5, 0.6) is 0 Å². The van der Waals surface area contributed by atoms with Crippen molar-refractivity contribution in [3.63, 3.8) is 0 Å². The van der Waals surface area contributed by atoms with Crippen LogP contribution in [0.2, 0.25) is 0 Å². The molecule has 1 aromatic rings. The number of hydrogen-bond donors (Lipinski definition) is 0. The van der Waals surface area contributed by atoms with Crippen LogP contribution in [0.25, 0.3) is 6.08 Å². The summed E-state index contributed by atoms with van der Waals surface area (Å²) < 4.78 is 10.4. The Balaban J connectivity index is 2.21. The van der Waals surface area contributed by atoms with Gasteiger partial charge >= 0.3 is 5.97 Å². The van der Waals surface area contributed by atoms with E-state index < -0.39 is 11.9 Å². The number of benzene rings is 1. The van der Waals surface area contributed by atoms with E-state index in [1.807, 2.05) is 42.5 Å². The largest absolute Gasteiger partial charge is 0.465 e. The number of carbonyl (C=O) groups excluding carboxylic acids is 1. The zero-order chi connectivity index (χ0) is 16.5. The van der Waals surface area contributed by atoms with Gasteiger partial charge in [0.2, 0.25) is 0 Å². The standard InChI is InChI=1S/C18H22N2O3/c1-2-23-18(21)16(14-19)17(20-10-12-22-13-11-20)9-8-15-6-4-3-5-7-15/h3-9,16-17H,2,10-13H2,1H3. The summed E-state index contributed by atoms with van der Waals surface area (Å²) in [6.07, 6.45) is 3.87. The molecule has 0 bridgehead atoms. The zero-order valence-corrected chi connectivity index (χ0v) is 13.4. The third-order valence-electron chi connectivity index (χ3n) is 3.77. The van der Waals surface area contributed by atoms with Crippen LogP contribution in [0.3, 0.4) is 0 Å². The second kappa shape index (κ2) is 9.09. The number of morpholine rings is 1. The smallest absolute Gasteiger partial charge is 0.325 e. The molecule has 5 nitrogen and oxygen atoms in total. The Bertz CT molecular complexity index is 559. The fraction of sp³-hybridized carbons (Fsp3) is 0.444. The van der Waals surface area contributed by atoms with Crippen molar-refractivity contribution in [2.45, 2.75) is 13.0 Å². The van der Waals surface area contributed by atoms with Crippen molar-refractivity contribution in [3.05, 3.63) is 42.0 Å². The average molecular weight is 314 g/mol. The highest BCUT2D eigenvalue weighted by atomic mass is 16.5. The molecule has 2 atom stereocenters. The van der Waals surface area contributed by atoms with Crippen LogP contribution in [0.15, 0.2) is 36.4 Å². The Morgan fingerprint density at radius 2 is 2.09 bits per heavy atom. The monoisotopic (exact) mass is 314 g/mol. The van der Waals surface area contributed by atoms with Crippen molar-refractivity contribution in [3.8, 4) is 6.07 Å². The van der Waals surface area contributed by atoms with Gasteiger partial charge in [0, 0.05) is 13.1 Å². The molecule has 122 valence electrons. The van der Waals surface area contributed by atoms with Gasteiger partial charge in [0.1, 0.15) is 0 Å². The topological polar surface area (TPSA) is 62.6 Å². The molecule has 1 aliphatic heterocycles. The molecule has 1 fully saturated rings. The Morgan fingerprint density at radius 1 is 1.39 bits per heavy atom. The Kier molecular flexibility index (Phi) is 6.79. The molecule has 5 heteroatoms. The lowest BCUT2D eigenvalue weighted by molar-refractivity contribution is -0.148. The van der Waals surface area contributed by atoms with E-state index >= 15 is 0 Å². The number of nitrogens with zero attached hydrogens (tertiary/aromatic N) is 2. The predicted octanol–water partition coefficient (Wildman–Crippen LogP) is 2.10. The van der Waals surface area contributed by atoms with Gasteiger partial charge < -0.3 is 9.47 Å². The maximum atomic E-state index is 12.1. The van der Waals surface area contributed by atoms with Crippen molar-refractivity contribution < 1.29 is 14.3 Å². The molecule has 2 unspecified atom stereocenters. The molecule has 1 aromatic carbocycles. The number of nitriles is 1. The molecular formula is C18H22N2O3. The van der Waals surface area contributed by atoms with E-state index in [0.717, 1.165) is 5.56 Å². The van der Waals surface area contributed by atoms with Gasteiger partial charge in [-0.3, -0.25) is 9.69 Å². The molecule has 0 saturated carbocycles. The minimum absolute atomic E-state index is 0.273. The van der Waals surface area contributed by atoms with Crippen molar-refractivity contribution in [2.24, 2.45) is 5.92 Å². The molecule has 2 rings (SSSR count). The Hall–Kier alpha value is -2.16. The summed E-state index contributed by atoms with van der Waals surface area (Å²) in [6, 6.07) is 11.6. The first-order chi connectivity index (χ1) is 11.3. The number of hydrogen-bond acceptors (Lipinski definition) is 5. The molecule has 23 heavy (non-hydrogen) atoms. The van der Waals surface area contributed by atoms with Gasteiger partial charge in [-0.1, -0.05) is 42.5 Å². The summed E-state index contributed by atoms with van der Waals surface area (Å²) in [4.78, 5) is 14.2. The lowest BCUT2D eigenvalue weighted by Gasteiger charge is -2.34. The van der Waals surface area contributed by atoms with Gasteiger partial charge in [-0.25, -0.2) is 0 Å². The number of ether oxygens (including phenoxy) is 2. The number of carbonyl (C=O) groups is 1. The third-order valence-corrected chi connectivity index (χ3v) is 3.77. The van der Waals surface area contributed by atoms with Crippen LogP contribution in [-0.2, 0) is 14.3 Å². The van der Waals surface area contributed by atoms with Gasteiger partial charge in [-0.15, -0.1) is 0 Å². The Labute approximate surface area is 137 Å². The van der Waals surface area contributed by atoms with Crippen molar-refractivity contribution in [2.75, 3.05) is 32.9 Å². The van der Waals surface area contributed by atoms with Crippen LogP contribution < -0.4 is 0 Å². The van der Waals surface area contributed by atoms with Crippen molar-refractivity contribution in [1.29, 1.82) is 5.26 Å². The molecule has 0 spiro atoms. The van der Waals surface area contributed by atoms with Gasteiger partial charge in [0.15, 0.2) is 5.92 Å². The van der Waals surface area contributed by atoms with Crippen LogP contribution in [0.4, 0.5) is 0 Å². The summed E-state index contributed by atoms with van der Waals surface area (Å²) >= 11 is 0. The maximum Gasteiger partial charge on any atom is 0.325 e. The minimum atomic E-state index is -0.840. The SMILES string of the molecule is CCOC(=O)C(C#N)C(C=Cc1ccccc1)N1CCOCC1. The Morgan fingerprint density at radius 3 is 2.70 bits per heavy atom. The molecule has 0 radical (unpaired) electrons. The van der Waals surface area contributed by atoms with E-state index in [9.17, 15) is 10.1 Å². The van der Waals surface area contributed by atoms with Gasteiger partial charge in [-0.2, -0.15) is 5.26 Å². The molecule has 0 N–H and O–H groups in total. The molecular weight excluding hydrogens is 292 g/mol. The highest BCUT2D eigenvalue weighted by Crippen LogP contribution is 2.18. The van der Waals surface area contributed by atoms with E-state index in [1.54, 1.807) is 6.92 Å². The maximum absolute atomic E-state index is 12.1. The van der Waals surface area contributed by atoms with E-state index in [1.165, 1.54) is 0 Å². The van der Waals surface area contributed by atoms with Crippen LogP contribution in [0, 0.1) is 17.2 Å². The lowest BCUT2D eigenvalue weighted by Crippen LogP contribution is -2.48. The summed E-state index contributed by atoms with van der Waals surface area (Å²) in [7, 11) is 0. The molecule has 0 amide bonds. The molecule has 0 aliphatic carbocycles. The fourth-order valence-corrected chi connectivity index (χ4v) is 2.59. The van der Waals surface area contributed by atoms with Crippen LogP contribution >= 0.6 is 0 Å². The minimum Gasteiger partial charge on any atom is -0.465 e. The highest BCUT2D eigenvalue weighted by Gasteiger charge is 2.33. The fourth-order valence-electron chi connectivity index (χ4n) is 2.59. The van der Waals surface area contributed by atoms with E-state index in [2.05, 4.69) is 11.0 Å². The first-order valence-electron chi connectivity index (χ1n) is 7.87. The quantitative estimate of drug-likeness (QED) is 0.753. The van der Waals surface area contributed by atoms with Gasteiger partial charge in [0.05, 0.1) is 31.9 Å². The molecule has 1 heterocycles. The second-order valence-electron chi connectivity index (χ2n) is 5.27. The summed E-state index contributed by atoms with van der Waals surface area (Å²) in [6.45, 7) is 4.63. The zero-order valence-electron chi connectivity index (χ0n) is 13.4. The van der Waals surface area contributed by atoms with E-state index in [4.69, 9.17) is 9.47 Å². The molecule has 0 aromatic heterocycles. The predicted molar refractivity (Wildman–Crippen MR) is 87.4 cm³/mol. The first-order valence-corrected chi connectivity index (χ1v) is 7.87. The number of esters is 1. The second-order valence-corrected chi connectivity index (χ2v) is 5.27. The van der Waals surface area contributed by atoms with Gasteiger partial charge in [0.25, 0.3) is 0 Å². The van der Waals surface area contributed by atoms with Crippen LogP contribution in [-0.4, -0.2) is 49.8 Å². The highest BCUT2D eigenvalue weighted by molar-refractivity contribution is 5.77. The first kappa shape index (κ1) is 17.2. The van der Waals surface area contributed by atoms with E-state index in [0.29, 0.717) is 26.3 Å². The van der Waals surface area contributed by atoms with Crippen molar-refractivity contribution in [1.82, 2.24) is 4.90 Å². The third kappa shape index (κ3) is 4.92. The van der Waals surface area contributed by atoms with Gasteiger partial charge in [-0.05, 0) is 12.5 Å². The summed E-state index contributed by atoms with van der Waals surface area (Å²) in [5, 5.41) is 9.48. The molecule has 1 aliphatic rings. The van der Waals surface area contributed by atoms with E-state index in [-0.39, 0.29) is 12.6 Å². The normalized spacial score (nSPS) is 18.3. The molecule has 1 saturated heterocycles. The average Bonchev–Trinajstić information content (AvgIpc) is 2.60. The van der Waals surface area contributed by atoms with Crippen LogP contribution in [0.1, 0.15) is 12.5 Å². The summed E-state index contributed by atoms with van der Waals surface area (Å²) in [5.41, 5.74) is 1.03. The van der Waals surface area contributed by atoms with Crippen molar-refractivity contribution >= 4 is 12.0 Å². The summed E-state index contributed by atoms with van der Waals surface area (Å²) in [5.74, 6) is -1.31. The lowest BCUT2D eigenvalue weighted by atomic mass is 9.98. The number of rotatable bonds is 6.